The minimum absolute atomic E-state index is 0.000131. The van der Waals surface area contributed by atoms with Gasteiger partial charge in [0.05, 0.1) is 6.54 Å². The predicted molar refractivity (Wildman–Crippen MR) is 75.1 cm³/mol. The van der Waals surface area contributed by atoms with Gasteiger partial charge in [-0.2, -0.15) is 0 Å². The van der Waals surface area contributed by atoms with Crippen LogP contribution in [0.1, 0.15) is 18.4 Å². The molecule has 7 nitrogen and oxygen atoms in total. The lowest BCUT2D eigenvalue weighted by atomic mass is 9.80. The maximum atomic E-state index is 12.0. The van der Waals surface area contributed by atoms with E-state index in [-0.39, 0.29) is 26.1 Å². The molecule has 1 aliphatic heterocycles. The van der Waals surface area contributed by atoms with Crippen molar-refractivity contribution in [1.29, 1.82) is 0 Å². The summed E-state index contributed by atoms with van der Waals surface area (Å²) in [6.45, 7) is -0.0372. The number of carbonyl (C=O) groups is 3. The molecule has 1 fully saturated rings. The van der Waals surface area contributed by atoms with Crippen molar-refractivity contribution in [3.8, 4) is 0 Å². The van der Waals surface area contributed by atoms with Crippen LogP contribution in [-0.4, -0.2) is 46.2 Å². The van der Waals surface area contributed by atoms with Crippen molar-refractivity contribution in [3.63, 3.8) is 0 Å². The van der Waals surface area contributed by atoms with Crippen LogP contribution in [0, 0.1) is 5.41 Å². The normalized spacial score (nSPS) is 16.8. The SMILES string of the molecule is O=C(OCc1ccccc1)N1CCCC(C(=O)O)(C(=O)O)C1. The molecule has 1 saturated heterocycles. The van der Waals surface area contributed by atoms with Crippen LogP contribution < -0.4 is 0 Å². The summed E-state index contributed by atoms with van der Waals surface area (Å²) in [6.07, 6.45) is -0.394. The first kappa shape index (κ1) is 15.8. The van der Waals surface area contributed by atoms with Gasteiger partial charge in [0.25, 0.3) is 0 Å². The lowest BCUT2D eigenvalue weighted by molar-refractivity contribution is -0.168. The molecule has 1 aromatic rings. The molecule has 1 heterocycles. The quantitative estimate of drug-likeness (QED) is 0.818. The third-order valence-corrected chi connectivity index (χ3v) is 3.77. The van der Waals surface area contributed by atoms with Crippen LogP contribution in [-0.2, 0) is 20.9 Å². The zero-order valence-corrected chi connectivity index (χ0v) is 11.9. The van der Waals surface area contributed by atoms with E-state index >= 15 is 0 Å². The largest absolute Gasteiger partial charge is 0.480 e. The molecule has 0 aromatic heterocycles. The highest BCUT2D eigenvalue weighted by molar-refractivity contribution is 5.99. The Morgan fingerprint density at radius 3 is 2.36 bits per heavy atom. The number of hydrogen-bond donors (Lipinski definition) is 2. The summed E-state index contributed by atoms with van der Waals surface area (Å²) < 4.78 is 5.12. The molecule has 7 heteroatoms. The second-order valence-corrected chi connectivity index (χ2v) is 5.26. The van der Waals surface area contributed by atoms with Crippen LogP contribution >= 0.6 is 0 Å². The molecule has 22 heavy (non-hydrogen) atoms. The Hall–Kier alpha value is -2.57. The summed E-state index contributed by atoms with van der Waals surface area (Å²) >= 11 is 0. The molecular weight excluding hydrogens is 290 g/mol. The van der Waals surface area contributed by atoms with Crippen LogP contribution in [0.4, 0.5) is 4.79 Å². The average Bonchev–Trinajstić information content (AvgIpc) is 2.53. The lowest BCUT2D eigenvalue weighted by Crippen LogP contribution is -2.54. The lowest BCUT2D eigenvalue weighted by Gasteiger charge is -2.36. The van der Waals surface area contributed by atoms with Gasteiger partial charge in [0.15, 0.2) is 5.41 Å². The van der Waals surface area contributed by atoms with Gasteiger partial charge in [-0.25, -0.2) is 4.79 Å². The Labute approximate surface area is 127 Å². The molecule has 1 aromatic carbocycles. The summed E-state index contributed by atoms with van der Waals surface area (Å²) in [5, 5.41) is 18.4. The molecule has 0 unspecified atom stereocenters. The second kappa shape index (κ2) is 6.46. The first-order valence-corrected chi connectivity index (χ1v) is 6.88. The number of carbonyl (C=O) groups excluding carboxylic acids is 1. The number of nitrogens with zero attached hydrogens (tertiary/aromatic N) is 1. The van der Waals surface area contributed by atoms with Gasteiger partial charge >= 0.3 is 18.0 Å². The Kier molecular flexibility index (Phi) is 4.65. The van der Waals surface area contributed by atoms with Crippen LogP contribution in [0.2, 0.25) is 0 Å². The predicted octanol–water partition coefficient (Wildman–Crippen LogP) is 1.57. The highest BCUT2D eigenvalue weighted by Crippen LogP contribution is 2.31. The number of amides is 1. The van der Waals surface area contributed by atoms with E-state index in [1.807, 2.05) is 18.2 Å². The first-order valence-electron chi connectivity index (χ1n) is 6.88. The van der Waals surface area contributed by atoms with Gasteiger partial charge < -0.3 is 19.8 Å². The molecule has 1 aliphatic rings. The summed E-state index contributed by atoms with van der Waals surface area (Å²) in [4.78, 5) is 35.8. The molecule has 0 bridgehead atoms. The zero-order valence-electron chi connectivity index (χ0n) is 11.9. The minimum atomic E-state index is -1.95. The number of ether oxygens (including phenoxy) is 1. The van der Waals surface area contributed by atoms with Crippen molar-refractivity contribution >= 4 is 18.0 Å². The maximum Gasteiger partial charge on any atom is 0.410 e. The molecule has 0 atom stereocenters. The molecule has 118 valence electrons. The van der Waals surface area contributed by atoms with E-state index in [1.165, 1.54) is 0 Å². The number of carboxylic acid groups (broad SMARTS) is 2. The van der Waals surface area contributed by atoms with Gasteiger partial charge in [0.2, 0.25) is 0 Å². The van der Waals surface area contributed by atoms with E-state index in [2.05, 4.69) is 0 Å². The van der Waals surface area contributed by atoms with Crippen molar-refractivity contribution in [2.75, 3.05) is 13.1 Å². The topological polar surface area (TPSA) is 104 Å². The van der Waals surface area contributed by atoms with Gasteiger partial charge in [-0.1, -0.05) is 30.3 Å². The second-order valence-electron chi connectivity index (χ2n) is 5.26. The summed E-state index contributed by atoms with van der Waals surface area (Å²) in [6, 6.07) is 9.04. The van der Waals surface area contributed by atoms with Crippen molar-refractivity contribution in [2.24, 2.45) is 5.41 Å². The Morgan fingerprint density at radius 1 is 1.14 bits per heavy atom. The molecule has 2 N–H and O–H groups in total. The van der Waals surface area contributed by atoms with Crippen molar-refractivity contribution in [1.82, 2.24) is 4.90 Å². The molecule has 1 amide bonds. The number of benzene rings is 1. The molecule has 0 aliphatic carbocycles. The van der Waals surface area contributed by atoms with Crippen LogP contribution in [0.5, 0.6) is 0 Å². The monoisotopic (exact) mass is 307 g/mol. The van der Waals surface area contributed by atoms with E-state index in [1.54, 1.807) is 12.1 Å². The van der Waals surface area contributed by atoms with Gasteiger partial charge in [-0.15, -0.1) is 0 Å². The third kappa shape index (κ3) is 3.19. The summed E-state index contributed by atoms with van der Waals surface area (Å²) in [5.41, 5.74) is -1.15. The maximum absolute atomic E-state index is 12.0. The minimum Gasteiger partial charge on any atom is -0.480 e. The van der Waals surface area contributed by atoms with Crippen LogP contribution in [0.25, 0.3) is 0 Å². The van der Waals surface area contributed by atoms with Crippen molar-refractivity contribution in [3.05, 3.63) is 35.9 Å². The van der Waals surface area contributed by atoms with Crippen molar-refractivity contribution < 1.29 is 29.3 Å². The number of piperidine rings is 1. The number of hydrogen-bond acceptors (Lipinski definition) is 4. The van der Waals surface area contributed by atoms with E-state index in [4.69, 9.17) is 4.74 Å². The fourth-order valence-electron chi connectivity index (χ4n) is 2.46. The fraction of sp³-hybridized carbons (Fsp3) is 0.400. The third-order valence-electron chi connectivity index (χ3n) is 3.77. The summed E-state index contributed by atoms with van der Waals surface area (Å²) in [5.74, 6) is -2.86. The first-order chi connectivity index (χ1) is 10.5. The van der Waals surface area contributed by atoms with E-state index in [9.17, 15) is 24.6 Å². The van der Waals surface area contributed by atoms with Gasteiger partial charge in [0.1, 0.15) is 6.61 Å². The molecule has 0 saturated carbocycles. The Balaban J connectivity index is 2.01. The highest BCUT2D eigenvalue weighted by atomic mass is 16.6. The summed E-state index contributed by atoms with van der Waals surface area (Å²) in [7, 11) is 0. The van der Waals surface area contributed by atoms with Crippen LogP contribution in [0.15, 0.2) is 30.3 Å². The molecule has 0 radical (unpaired) electrons. The van der Waals surface area contributed by atoms with Crippen molar-refractivity contribution in [2.45, 2.75) is 19.4 Å². The number of likely N-dealkylation sites (tertiary alicyclic amines) is 1. The van der Waals surface area contributed by atoms with Crippen LogP contribution in [0.3, 0.4) is 0 Å². The standard InChI is InChI=1S/C15H17NO6/c17-12(18)15(13(19)20)7-4-8-16(10-15)14(21)22-9-11-5-2-1-3-6-11/h1-3,5-6H,4,7-10H2,(H,17,18)(H,19,20). The average molecular weight is 307 g/mol. The van der Waals surface area contributed by atoms with Gasteiger partial charge in [-0.3, -0.25) is 9.59 Å². The van der Waals surface area contributed by atoms with Gasteiger partial charge in [0, 0.05) is 6.54 Å². The smallest absolute Gasteiger partial charge is 0.410 e. The highest BCUT2D eigenvalue weighted by Gasteiger charge is 2.50. The number of carboxylic acids is 2. The fourth-order valence-corrected chi connectivity index (χ4v) is 2.46. The van der Waals surface area contributed by atoms with Gasteiger partial charge in [-0.05, 0) is 18.4 Å². The number of aliphatic carboxylic acids is 2. The molecule has 0 spiro atoms. The Bertz CT molecular complexity index is 557. The molecular formula is C15H17NO6. The van der Waals surface area contributed by atoms with E-state index < -0.39 is 23.4 Å². The van der Waals surface area contributed by atoms with E-state index in [0.29, 0.717) is 6.42 Å². The van der Waals surface area contributed by atoms with E-state index in [0.717, 1.165) is 10.5 Å². The zero-order chi connectivity index (χ0) is 16.2. The number of rotatable bonds is 4. The Morgan fingerprint density at radius 2 is 1.77 bits per heavy atom. The molecule has 2 rings (SSSR count).